The largest absolute Gasteiger partial charge is 0.302 e. The van der Waals surface area contributed by atoms with Crippen LogP contribution >= 0.6 is 27.3 Å². The highest BCUT2D eigenvalue weighted by molar-refractivity contribution is 9.10. The van der Waals surface area contributed by atoms with Crippen molar-refractivity contribution in [3.8, 4) is 11.3 Å². The molecule has 0 saturated heterocycles. The number of rotatable bonds is 2. The van der Waals surface area contributed by atoms with Crippen molar-refractivity contribution in [2.75, 3.05) is 5.32 Å². The van der Waals surface area contributed by atoms with Crippen molar-refractivity contribution < 1.29 is 4.79 Å². The van der Waals surface area contributed by atoms with Gasteiger partial charge in [0.15, 0.2) is 5.13 Å². The SMILES string of the molecule is CC(=O)Nc1nc(-c2ccc(Br)cc2)cs1. The molecule has 82 valence electrons. The van der Waals surface area contributed by atoms with Crippen molar-refractivity contribution >= 4 is 38.3 Å². The number of amides is 1. The number of anilines is 1. The van der Waals surface area contributed by atoms with Crippen LogP contribution in [0.5, 0.6) is 0 Å². The highest BCUT2D eigenvalue weighted by atomic mass is 79.9. The maximum Gasteiger partial charge on any atom is 0.223 e. The summed E-state index contributed by atoms with van der Waals surface area (Å²) in [6.07, 6.45) is 0. The first-order valence-electron chi connectivity index (χ1n) is 4.64. The van der Waals surface area contributed by atoms with Crippen molar-refractivity contribution in [2.24, 2.45) is 0 Å². The monoisotopic (exact) mass is 296 g/mol. The molecule has 0 aliphatic heterocycles. The third kappa shape index (κ3) is 2.68. The molecule has 0 aliphatic rings. The van der Waals surface area contributed by atoms with E-state index in [0.717, 1.165) is 15.7 Å². The normalized spacial score (nSPS) is 10.1. The quantitative estimate of drug-likeness (QED) is 0.921. The molecule has 0 saturated carbocycles. The molecule has 1 aromatic carbocycles. The molecule has 0 atom stereocenters. The van der Waals surface area contributed by atoms with Gasteiger partial charge in [-0.25, -0.2) is 4.98 Å². The second-order valence-corrected chi connectivity index (χ2v) is 5.00. The number of benzene rings is 1. The van der Waals surface area contributed by atoms with Gasteiger partial charge in [0.2, 0.25) is 5.91 Å². The van der Waals surface area contributed by atoms with E-state index in [4.69, 9.17) is 0 Å². The fraction of sp³-hybridized carbons (Fsp3) is 0.0909. The maximum atomic E-state index is 10.9. The Morgan fingerprint density at radius 1 is 1.38 bits per heavy atom. The number of carbonyl (C=O) groups is 1. The van der Waals surface area contributed by atoms with Gasteiger partial charge in [-0.1, -0.05) is 28.1 Å². The maximum absolute atomic E-state index is 10.9. The van der Waals surface area contributed by atoms with Gasteiger partial charge < -0.3 is 5.32 Å². The first kappa shape index (κ1) is 11.3. The molecule has 1 heterocycles. The lowest BCUT2D eigenvalue weighted by Gasteiger charge is -1.96. The molecule has 1 amide bonds. The van der Waals surface area contributed by atoms with Crippen molar-refractivity contribution in [3.63, 3.8) is 0 Å². The van der Waals surface area contributed by atoms with E-state index in [1.165, 1.54) is 18.3 Å². The van der Waals surface area contributed by atoms with E-state index in [9.17, 15) is 4.79 Å². The van der Waals surface area contributed by atoms with Gasteiger partial charge in [-0.2, -0.15) is 0 Å². The molecule has 1 N–H and O–H groups in total. The highest BCUT2D eigenvalue weighted by Gasteiger charge is 2.05. The van der Waals surface area contributed by atoms with E-state index in [-0.39, 0.29) is 5.91 Å². The summed E-state index contributed by atoms with van der Waals surface area (Å²) in [5.74, 6) is -0.100. The van der Waals surface area contributed by atoms with Crippen molar-refractivity contribution in [3.05, 3.63) is 34.1 Å². The van der Waals surface area contributed by atoms with Crippen LogP contribution in [0, 0.1) is 0 Å². The van der Waals surface area contributed by atoms with Crippen LogP contribution in [0.1, 0.15) is 6.92 Å². The van der Waals surface area contributed by atoms with Crippen LogP contribution in [0.3, 0.4) is 0 Å². The number of thiazole rings is 1. The minimum Gasteiger partial charge on any atom is -0.302 e. The lowest BCUT2D eigenvalue weighted by molar-refractivity contribution is -0.114. The Hall–Kier alpha value is -1.20. The molecule has 5 heteroatoms. The van der Waals surface area contributed by atoms with E-state index in [1.54, 1.807) is 0 Å². The molecule has 0 aliphatic carbocycles. The lowest BCUT2D eigenvalue weighted by Crippen LogP contribution is -2.04. The molecule has 0 radical (unpaired) electrons. The van der Waals surface area contributed by atoms with Crippen molar-refractivity contribution in [1.29, 1.82) is 0 Å². The van der Waals surface area contributed by atoms with Crippen molar-refractivity contribution in [1.82, 2.24) is 4.98 Å². The van der Waals surface area contributed by atoms with Gasteiger partial charge in [0.25, 0.3) is 0 Å². The Balaban J connectivity index is 2.24. The second-order valence-electron chi connectivity index (χ2n) is 3.23. The van der Waals surface area contributed by atoms with Crippen LogP contribution < -0.4 is 5.32 Å². The molecule has 1 aromatic heterocycles. The van der Waals surface area contributed by atoms with Crippen LogP contribution in [0.25, 0.3) is 11.3 Å². The molecule has 0 spiro atoms. The van der Waals surface area contributed by atoms with Gasteiger partial charge in [-0.3, -0.25) is 4.79 Å². The molecular formula is C11H9BrN2OS. The highest BCUT2D eigenvalue weighted by Crippen LogP contribution is 2.25. The number of nitrogens with one attached hydrogen (secondary N) is 1. The number of nitrogens with zero attached hydrogens (tertiary/aromatic N) is 1. The first-order valence-corrected chi connectivity index (χ1v) is 6.31. The van der Waals surface area contributed by atoms with Gasteiger partial charge in [0.1, 0.15) is 0 Å². The Bertz CT molecular complexity index is 507. The Morgan fingerprint density at radius 3 is 2.69 bits per heavy atom. The molecule has 2 aromatic rings. The van der Waals surface area contributed by atoms with Crippen LogP contribution in [-0.2, 0) is 4.79 Å². The zero-order valence-corrected chi connectivity index (χ0v) is 10.9. The number of hydrogen-bond acceptors (Lipinski definition) is 3. The van der Waals surface area contributed by atoms with Gasteiger partial charge >= 0.3 is 0 Å². The van der Waals surface area contributed by atoms with Crippen LogP contribution in [-0.4, -0.2) is 10.9 Å². The van der Waals surface area contributed by atoms with Crippen LogP contribution in [0.4, 0.5) is 5.13 Å². The lowest BCUT2D eigenvalue weighted by atomic mass is 10.2. The van der Waals surface area contributed by atoms with Crippen LogP contribution in [0.15, 0.2) is 34.1 Å². The van der Waals surface area contributed by atoms with Crippen molar-refractivity contribution in [2.45, 2.75) is 6.92 Å². The molecule has 3 nitrogen and oxygen atoms in total. The summed E-state index contributed by atoms with van der Waals surface area (Å²) in [4.78, 5) is 15.2. The summed E-state index contributed by atoms with van der Waals surface area (Å²) in [5.41, 5.74) is 1.91. The summed E-state index contributed by atoms with van der Waals surface area (Å²) in [6, 6.07) is 7.90. The summed E-state index contributed by atoms with van der Waals surface area (Å²) in [5, 5.41) is 5.22. The van der Waals surface area contributed by atoms with Crippen LogP contribution in [0.2, 0.25) is 0 Å². The zero-order valence-electron chi connectivity index (χ0n) is 8.53. The van der Waals surface area contributed by atoms with E-state index in [1.807, 2.05) is 29.6 Å². The molecule has 0 bridgehead atoms. The molecule has 2 rings (SSSR count). The minimum absolute atomic E-state index is 0.100. The predicted octanol–water partition coefficient (Wildman–Crippen LogP) is 3.53. The van der Waals surface area contributed by atoms with Gasteiger partial charge in [-0.05, 0) is 12.1 Å². The Morgan fingerprint density at radius 2 is 2.06 bits per heavy atom. The Kier molecular flexibility index (Phi) is 3.36. The first-order chi connectivity index (χ1) is 7.65. The molecule has 16 heavy (non-hydrogen) atoms. The average Bonchev–Trinajstić information content (AvgIpc) is 2.66. The van der Waals surface area contributed by atoms with E-state index in [0.29, 0.717) is 5.13 Å². The molecule has 0 unspecified atom stereocenters. The average molecular weight is 297 g/mol. The fourth-order valence-corrected chi connectivity index (χ4v) is 2.27. The number of carbonyl (C=O) groups excluding carboxylic acids is 1. The standard InChI is InChI=1S/C11H9BrN2OS/c1-7(15)13-11-14-10(6-16-11)8-2-4-9(12)5-3-8/h2-6H,1H3,(H,13,14,15). The van der Waals surface area contributed by atoms with Gasteiger partial charge in [0.05, 0.1) is 5.69 Å². The van der Waals surface area contributed by atoms with E-state index >= 15 is 0 Å². The Labute approximate surface area is 106 Å². The summed E-state index contributed by atoms with van der Waals surface area (Å²) >= 11 is 4.80. The van der Waals surface area contributed by atoms with E-state index in [2.05, 4.69) is 26.2 Å². The predicted molar refractivity (Wildman–Crippen MR) is 69.6 cm³/mol. The van der Waals surface area contributed by atoms with E-state index < -0.39 is 0 Å². The number of aromatic nitrogens is 1. The van der Waals surface area contributed by atoms with Gasteiger partial charge in [0, 0.05) is 22.3 Å². The smallest absolute Gasteiger partial charge is 0.223 e. The summed E-state index contributed by atoms with van der Waals surface area (Å²) in [7, 11) is 0. The second kappa shape index (κ2) is 4.76. The topological polar surface area (TPSA) is 42.0 Å². The number of halogens is 1. The van der Waals surface area contributed by atoms with Gasteiger partial charge in [-0.15, -0.1) is 11.3 Å². The third-order valence-electron chi connectivity index (χ3n) is 1.93. The summed E-state index contributed by atoms with van der Waals surface area (Å²) < 4.78 is 1.04. The fourth-order valence-electron chi connectivity index (χ4n) is 1.23. The summed E-state index contributed by atoms with van der Waals surface area (Å²) in [6.45, 7) is 1.47. The minimum atomic E-state index is -0.100. The third-order valence-corrected chi connectivity index (χ3v) is 3.21. The number of hydrogen-bond donors (Lipinski definition) is 1. The zero-order chi connectivity index (χ0) is 11.5. The molecule has 0 fully saturated rings. The molecular weight excluding hydrogens is 288 g/mol.